The van der Waals surface area contributed by atoms with Gasteiger partial charge in [-0.2, -0.15) is 4.98 Å². The van der Waals surface area contributed by atoms with Crippen molar-refractivity contribution >= 4 is 39.3 Å². The predicted molar refractivity (Wildman–Crippen MR) is 146 cm³/mol. The van der Waals surface area contributed by atoms with Gasteiger partial charge >= 0.3 is 0 Å². The van der Waals surface area contributed by atoms with Gasteiger partial charge in [0, 0.05) is 41.3 Å². The lowest BCUT2D eigenvalue weighted by atomic mass is 10.0. The summed E-state index contributed by atoms with van der Waals surface area (Å²) >= 11 is 0. The molecule has 5 N–H and O–H groups in total. The monoisotopic (exact) mass is 499 g/mol. The number of para-hydroxylation sites is 1. The zero-order valence-electron chi connectivity index (χ0n) is 21.1. The maximum absolute atomic E-state index is 6.04. The van der Waals surface area contributed by atoms with Crippen molar-refractivity contribution < 1.29 is 14.2 Å². The lowest BCUT2D eigenvalue weighted by Gasteiger charge is -2.16. The standard InChI is InChI=1S/C19H23N5O3.C8H6N2/c1-10-11(5-6-13-16(10)18(20)24-19(21)23-13)9-22-12-7-14(25-2)17(27-4)15(8-12)26-3;1-2-4-8-7(3-1)5-9-6-10-8/h5-8,22H,9H2,1-4H3,(H4,20,21,23,24);1-6H. The second-order valence-corrected chi connectivity index (χ2v) is 8.06. The van der Waals surface area contributed by atoms with Gasteiger partial charge in [0.1, 0.15) is 12.1 Å². The zero-order valence-corrected chi connectivity index (χ0v) is 21.1. The van der Waals surface area contributed by atoms with Gasteiger partial charge in [-0.15, -0.1) is 0 Å². The highest BCUT2D eigenvalue weighted by Crippen LogP contribution is 2.40. The molecule has 0 fully saturated rings. The summed E-state index contributed by atoms with van der Waals surface area (Å²) < 4.78 is 16.1. The van der Waals surface area contributed by atoms with Gasteiger partial charge in [0.05, 0.1) is 32.4 Å². The van der Waals surface area contributed by atoms with E-state index in [1.54, 1.807) is 27.7 Å². The molecular weight excluding hydrogens is 470 g/mol. The Morgan fingerprint density at radius 1 is 0.865 bits per heavy atom. The highest BCUT2D eigenvalue weighted by atomic mass is 16.5. The van der Waals surface area contributed by atoms with E-state index in [1.165, 1.54) is 0 Å². The number of rotatable bonds is 6. The molecule has 0 saturated carbocycles. The lowest BCUT2D eigenvalue weighted by molar-refractivity contribution is 0.324. The van der Waals surface area contributed by atoms with E-state index in [4.69, 9.17) is 25.7 Å². The van der Waals surface area contributed by atoms with Crippen LogP contribution in [0.15, 0.2) is 61.1 Å². The molecule has 10 heteroatoms. The third-order valence-corrected chi connectivity index (χ3v) is 5.84. The average molecular weight is 500 g/mol. The van der Waals surface area contributed by atoms with Crippen LogP contribution in [0.3, 0.4) is 0 Å². The number of hydrogen-bond acceptors (Lipinski definition) is 10. The van der Waals surface area contributed by atoms with E-state index in [-0.39, 0.29) is 5.95 Å². The minimum absolute atomic E-state index is 0.169. The molecule has 190 valence electrons. The Kier molecular flexibility index (Phi) is 7.68. The SMILES string of the molecule is COc1cc(NCc2ccc3nc(N)nc(N)c3c2C)cc(OC)c1OC.c1ccc2ncncc2c1. The first kappa shape index (κ1) is 25.2. The molecule has 3 aromatic carbocycles. The molecule has 0 bridgehead atoms. The second-order valence-electron chi connectivity index (χ2n) is 8.06. The van der Waals surface area contributed by atoms with Crippen molar-refractivity contribution in [1.29, 1.82) is 0 Å². The molecule has 2 aromatic heterocycles. The Labute approximate surface area is 214 Å². The van der Waals surface area contributed by atoms with Crippen LogP contribution in [0.4, 0.5) is 17.5 Å². The summed E-state index contributed by atoms with van der Waals surface area (Å²) in [5.41, 5.74) is 16.4. The predicted octanol–water partition coefficient (Wildman–Crippen LogP) is 4.37. The van der Waals surface area contributed by atoms with E-state index >= 15 is 0 Å². The first-order valence-electron chi connectivity index (χ1n) is 11.4. The van der Waals surface area contributed by atoms with Crippen LogP contribution in [0.25, 0.3) is 21.8 Å². The molecule has 10 nitrogen and oxygen atoms in total. The van der Waals surface area contributed by atoms with Crippen molar-refractivity contribution in [2.24, 2.45) is 0 Å². The van der Waals surface area contributed by atoms with Crippen LogP contribution in [-0.4, -0.2) is 41.3 Å². The quantitative estimate of drug-likeness (QED) is 0.308. The number of nitrogens with one attached hydrogen (secondary N) is 1. The lowest BCUT2D eigenvalue weighted by Crippen LogP contribution is -2.06. The van der Waals surface area contributed by atoms with Gasteiger partial charge in [-0.25, -0.2) is 15.0 Å². The summed E-state index contributed by atoms with van der Waals surface area (Å²) in [6.07, 6.45) is 3.37. The highest BCUT2D eigenvalue weighted by Gasteiger charge is 2.14. The molecule has 0 unspecified atom stereocenters. The molecule has 0 aliphatic heterocycles. The van der Waals surface area contributed by atoms with Crippen LogP contribution in [0.2, 0.25) is 0 Å². The van der Waals surface area contributed by atoms with E-state index in [0.29, 0.717) is 29.6 Å². The molecule has 37 heavy (non-hydrogen) atoms. The van der Waals surface area contributed by atoms with Gasteiger partial charge in [0.15, 0.2) is 11.5 Å². The normalized spacial score (nSPS) is 10.5. The third-order valence-electron chi connectivity index (χ3n) is 5.84. The molecule has 0 spiro atoms. The molecule has 0 amide bonds. The minimum atomic E-state index is 0.169. The third kappa shape index (κ3) is 5.53. The van der Waals surface area contributed by atoms with Crippen LogP contribution in [-0.2, 0) is 6.54 Å². The minimum Gasteiger partial charge on any atom is -0.493 e. The number of nitrogen functional groups attached to an aromatic ring is 2. The molecule has 0 radical (unpaired) electrons. The number of aromatic nitrogens is 4. The van der Waals surface area contributed by atoms with Crippen molar-refractivity contribution in [3.63, 3.8) is 0 Å². The van der Waals surface area contributed by atoms with Crippen molar-refractivity contribution in [1.82, 2.24) is 19.9 Å². The zero-order chi connectivity index (χ0) is 26.4. The smallest absolute Gasteiger partial charge is 0.222 e. The Morgan fingerprint density at radius 3 is 2.27 bits per heavy atom. The Morgan fingerprint density at radius 2 is 1.59 bits per heavy atom. The number of hydrogen-bond donors (Lipinski definition) is 3. The van der Waals surface area contributed by atoms with Crippen LogP contribution in [0, 0.1) is 6.92 Å². The molecule has 0 saturated heterocycles. The van der Waals surface area contributed by atoms with Crippen LogP contribution in [0.1, 0.15) is 11.1 Å². The van der Waals surface area contributed by atoms with E-state index in [0.717, 1.165) is 38.6 Å². The number of fused-ring (bicyclic) bond motifs is 2. The van der Waals surface area contributed by atoms with Crippen LogP contribution in [0.5, 0.6) is 17.2 Å². The van der Waals surface area contributed by atoms with Crippen LogP contribution < -0.4 is 31.0 Å². The topological polar surface area (TPSA) is 143 Å². The summed E-state index contributed by atoms with van der Waals surface area (Å²) in [6, 6.07) is 15.5. The van der Waals surface area contributed by atoms with Gasteiger partial charge in [-0.1, -0.05) is 24.3 Å². The summed E-state index contributed by atoms with van der Waals surface area (Å²) in [4.78, 5) is 16.3. The Bertz CT molecular complexity index is 1450. The molecule has 2 heterocycles. The van der Waals surface area contributed by atoms with Gasteiger partial charge in [0.2, 0.25) is 11.7 Å². The number of aryl methyl sites for hydroxylation is 1. The fourth-order valence-corrected chi connectivity index (χ4v) is 3.98. The summed E-state index contributed by atoms with van der Waals surface area (Å²) in [5.74, 6) is 2.27. The fourth-order valence-electron chi connectivity index (χ4n) is 3.98. The molecule has 0 atom stereocenters. The van der Waals surface area contributed by atoms with Gasteiger partial charge in [0.25, 0.3) is 0 Å². The van der Waals surface area contributed by atoms with Gasteiger partial charge < -0.3 is 31.0 Å². The van der Waals surface area contributed by atoms with Crippen LogP contribution >= 0.6 is 0 Å². The first-order valence-corrected chi connectivity index (χ1v) is 11.4. The van der Waals surface area contributed by atoms with Gasteiger partial charge in [-0.05, 0) is 30.2 Å². The summed E-state index contributed by atoms with van der Waals surface area (Å²) in [5, 5.41) is 5.28. The first-order chi connectivity index (χ1) is 17.9. The number of nitrogens with two attached hydrogens (primary N) is 2. The Hall–Kier alpha value is -4.86. The molecule has 0 aliphatic carbocycles. The number of anilines is 3. The number of nitrogens with zero attached hydrogens (tertiary/aromatic N) is 4. The summed E-state index contributed by atoms with van der Waals surface area (Å²) in [6.45, 7) is 2.56. The highest BCUT2D eigenvalue weighted by molar-refractivity contribution is 5.92. The molecular formula is C27H29N7O3. The number of methoxy groups -OCH3 is 3. The van der Waals surface area contributed by atoms with E-state index in [2.05, 4.69) is 25.3 Å². The fraction of sp³-hybridized carbons (Fsp3) is 0.185. The molecule has 0 aliphatic rings. The van der Waals surface area contributed by atoms with E-state index in [1.807, 2.05) is 61.7 Å². The maximum atomic E-state index is 6.04. The van der Waals surface area contributed by atoms with E-state index < -0.39 is 0 Å². The van der Waals surface area contributed by atoms with Gasteiger partial charge in [-0.3, -0.25) is 0 Å². The number of benzene rings is 3. The average Bonchev–Trinajstić information content (AvgIpc) is 2.92. The largest absolute Gasteiger partial charge is 0.493 e. The van der Waals surface area contributed by atoms with Crippen molar-refractivity contribution in [2.75, 3.05) is 38.1 Å². The second kappa shape index (κ2) is 11.3. The van der Waals surface area contributed by atoms with Crippen molar-refractivity contribution in [3.05, 3.63) is 72.2 Å². The molecule has 5 aromatic rings. The van der Waals surface area contributed by atoms with E-state index in [9.17, 15) is 0 Å². The molecule has 5 rings (SSSR count). The Balaban J connectivity index is 0.000000265. The summed E-state index contributed by atoms with van der Waals surface area (Å²) in [7, 11) is 4.75. The van der Waals surface area contributed by atoms with Crippen molar-refractivity contribution in [3.8, 4) is 17.2 Å². The maximum Gasteiger partial charge on any atom is 0.222 e. The number of ether oxygens (including phenoxy) is 3. The van der Waals surface area contributed by atoms with Crippen molar-refractivity contribution in [2.45, 2.75) is 13.5 Å².